The number of anilines is 1. The monoisotopic (exact) mass is 446 g/mol. The number of alkyl halides is 3. The molecule has 0 atom stereocenters. The minimum absolute atomic E-state index is 0.202. The van der Waals surface area contributed by atoms with Crippen molar-refractivity contribution in [2.75, 3.05) is 18.5 Å². The number of hydrogen-bond donors (Lipinski definition) is 2. The maximum Gasteiger partial charge on any atom is 0.416 e. The van der Waals surface area contributed by atoms with Gasteiger partial charge in [0, 0.05) is 30.5 Å². The van der Waals surface area contributed by atoms with Gasteiger partial charge in [-0.25, -0.2) is 0 Å². The fourth-order valence-corrected chi connectivity index (χ4v) is 4.00. The molecule has 1 saturated heterocycles. The molecule has 4 rings (SSSR count). The van der Waals surface area contributed by atoms with Crippen LogP contribution in [0.5, 0.6) is 0 Å². The lowest BCUT2D eigenvalue weighted by Crippen LogP contribution is -2.45. The van der Waals surface area contributed by atoms with Crippen LogP contribution in [-0.2, 0) is 21.1 Å². The standard InChI is InChI=1S/C24H25F3N2O3/c1-15-5-6-16(21(30)28-19-7-8-19)13-20(15)29-22(31)23(9-11-32-12-10-23)17-3-2-4-18(14-17)24(25,26)27/h2-6,13-14,19H,7-12H2,1H3,(H,28,30)(H,29,31). The van der Waals surface area contributed by atoms with E-state index in [1.807, 2.05) is 0 Å². The molecule has 2 N–H and O–H groups in total. The minimum Gasteiger partial charge on any atom is -0.381 e. The third kappa shape index (κ3) is 4.65. The highest BCUT2D eigenvalue weighted by Gasteiger charge is 2.43. The molecule has 1 aliphatic carbocycles. The van der Waals surface area contributed by atoms with E-state index in [4.69, 9.17) is 4.74 Å². The average Bonchev–Trinajstić information content (AvgIpc) is 3.59. The van der Waals surface area contributed by atoms with Crippen molar-refractivity contribution in [3.05, 3.63) is 64.7 Å². The van der Waals surface area contributed by atoms with Crippen LogP contribution in [0.4, 0.5) is 18.9 Å². The number of amides is 2. The fraction of sp³-hybridized carbons (Fsp3) is 0.417. The van der Waals surface area contributed by atoms with Gasteiger partial charge in [0.15, 0.2) is 0 Å². The van der Waals surface area contributed by atoms with Gasteiger partial charge in [-0.2, -0.15) is 13.2 Å². The van der Waals surface area contributed by atoms with Gasteiger partial charge < -0.3 is 15.4 Å². The first-order valence-electron chi connectivity index (χ1n) is 10.7. The first-order valence-corrected chi connectivity index (χ1v) is 10.7. The van der Waals surface area contributed by atoms with E-state index in [2.05, 4.69) is 10.6 Å². The summed E-state index contributed by atoms with van der Waals surface area (Å²) in [5.41, 5.74) is 0.0249. The molecule has 2 aromatic carbocycles. The van der Waals surface area contributed by atoms with Crippen LogP contribution in [-0.4, -0.2) is 31.1 Å². The third-order valence-corrected chi connectivity index (χ3v) is 6.18. The highest BCUT2D eigenvalue weighted by molar-refractivity contribution is 6.02. The summed E-state index contributed by atoms with van der Waals surface area (Å²) in [5.74, 6) is -0.607. The van der Waals surface area contributed by atoms with Gasteiger partial charge in [0.05, 0.1) is 11.0 Å². The lowest BCUT2D eigenvalue weighted by Gasteiger charge is -2.36. The number of carbonyl (C=O) groups excluding carboxylic acids is 2. The Labute approximate surface area is 184 Å². The van der Waals surface area contributed by atoms with Crippen LogP contribution in [0.25, 0.3) is 0 Å². The predicted octanol–water partition coefficient (Wildman–Crippen LogP) is 4.59. The van der Waals surface area contributed by atoms with Gasteiger partial charge in [0.2, 0.25) is 5.91 Å². The Morgan fingerprint density at radius 2 is 1.78 bits per heavy atom. The Kier molecular flexibility index (Phi) is 5.99. The van der Waals surface area contributed by atoms with Crippen LogP contribution >= 0.6 is 0 Å². The highest BCUT2D eigenvalue weighted by Crippen LogP contribution is 2.39. The van der Waals surface area contributed by atoms with Crippen LogP contribution in [0.15, 0.2) is 42.5 Å². The van der Waals surface area contributed by atoms with Gasteiger partial charge in [0.1, 0.15) is 0 Å². The smallest absolute Gasteiger partial charge is 0.381 e. The van der Waals surface area contributed by atoms with Crippen molar-refractivity contribution in [1.29, 1.82) is 0 Å². The third-order valence-electron chi connectivity index (χ3n) is 6.18. The van der Waals surface area contributed by atoms with E-state index in [0.29, 0.717) is 16.8 Å². The molecule has 0 spiro atoms. The molecule has 1 saturated carbocycles. The average molecular weight is 446 g/mol. The van der Waals surface area contributed by atoms with Gasteiger partial charge in [-0.3, -0.25) is 9.59 Å². The van der Waals surface area contributed by atoms with Crippen molar-refractivity contribution in [3.8, 4) is 0 Å². The quantitative estimate of drug-likeness (QED) is 0.706. The largest absolute Gasteiger partial charge is 0.416 e. The van der Waals surface area contributed by atoms with E-state index in [9.17, 15) is 22.8 Å². The van der Waals surface area contributed by atoms with Gasteiger partial charge in [-0.1, -0.05) is 24.3 Å². The lowest BCUT2D eigenvalue weighted by atomic mass is 9.73. The zero-order valence-corrected chi connectivity index (χ0v) is 17.7. The number of aryl methyl sites for hydroxylation is 1. The van der Waals surface area contributed by atoms with E-state index >= 15 is 0 Å². The number of hydrogen-bond acceptors (Lipinski definition) is 3. The van der Waals surface area contributed by atoms with Crippen LogP contribution in [0.2, 0.25) is 0 Å². The first-order chi connectivity index (χ1) is 15.2. The Morgan fingerprint density at radius 1 is 1.06 bits per heavy atom. The molecule has 2 amide bonds. The summed E-state index contributed by atoms with van der Waals surface area (Å²) in [7, 11) is 0. The second-order valence-corrected chi connectivity index (χ2v) is 8.50. The molecule has 2 aliphatic rings. The van der Waals surface area contributed by atoms with Crippen molar-refractivity contribution in [1.82, 2.24) is 5.32 Å². The summed E-state index contributed by atoms with van der Waals surface area (Å²) in [5, 5.41) is 5.80. The number of halogens is 3. The summed E-state index contributed by atoms with van der Waals surface area (Å²) in [6.45, 7) is 2.35. The second kappa shape index (κ2) is 8.58. The van der Waals surface area contributed by atoms with Gasteiger partial charge in [-0.05, 0) is 61.9 Å². The van der Waals surface area contributed by atoms with Crippen molar-refractivity contribution < 1.29 is 27.5 Å². The topological polar surface area (TPSA) is 67.4 Å². The summed E-state index contributed by atoms with van der Waals surface area (Å²) in [4.78, 5) is 25.9. The van der Waals surface area contributed by atoms with E-state index in [1.165, 1.54) is 6.07 Å². The van der Waals surface area contributed by atoms with E-state index in [0.717, 1.165) is 30.5 Å². The zero-order valence-electron chi connectivity index (χ0n) is 17.7. The maximum atomic E-state index is 13.5. The van der Waals surface area contributed by atoms with Crippen LogP contribution in [0.1, 0.15) is 52.7 Å². The molecule has 170 valence electrons. The van der Waals surface area contributed by atoms with Gasteiger partial charge >= 0.3 is 6.18 Å². The van der Waals surface area contributed by atoms with Crippen molar-refractivity contribution in [2.24, 2.45) is 0 Å². The van der Waals surface area contributed by atoms with Crippen LogP contribution in [0.3, 0.4) is 0 Å². The predicted molar refractivity (Wildman–Crippen MR) is 113 cm³/mol. The number of benzene rings is 2. The minimum atomic E-state index is -4.50. The summed E-state index contributed by atoms with van der Waals surface area (Å²) < 4.78 is 45.3. The second-order valence-electron chi connectivity index (χ2n) is 8.50. The van der Waals surface area contributed by atoms with Crippen molar-refractivity contribution >= 4 is 17.5 Å². The molecule has 0 unspecified atom stereocenters. The number of carbonyl (C=O) groups is 2. The zero-order chi connectivity index (χ0) is 22.9. The normalized spacial score (nSPS) is 18.1. The van der Waals surface area contributed by atoms with E-state index < -0.39 is 23.1 Å². The molecule has 2 aromatic rings. The summed E-state index contributed by atoms with van der Waals surface area (Å²) in [6.07, 6.45) is -2.05. The first kappa shape index (κ1) is 22.3. The molecule has 0 bridgehead atoms. The Hall–Kier alpha value is -2.87. The van der Waals surface area contributed by atoms with Crippen molar-refractivity contribution in [2.45, 2.75) is 50.2 Å². The molecule has 32 heavy (non-hydrogen) atoms. The molecular formula is C24H25F3N2O3. The molecule has 1 heterocycles. The van der Waals surface area contributed by atoms with E-state index in [-0.39, 0.29) is 38.0 Å². The van der Waals surface area contributed by atoms with Gasteiger partial charge in [-0.15, -0.1) is 0 Å². The van der Waals surface area contributed by atoms with Crippen LogP contribution in [0, 0.1) is 6.92 Å². The molecule has 2 fully saturated rings. The highest BCUT2D eigenvalue weighted by atomic mass is 19.4. The van der Waals surface area contributed by atoms with Gasteiger partial charge in [0.25, 0.3) is 5.91 Å². The van der Waals surface area contributed by atoms with Crippen LogP contribution < -0.4 is 10.6 Å². The number of nitrogens with one attached hydrogen (secondary N) is 2. The van der Waals surface area contributed by atoms with Crippen molar-refractivity contribution in [3.63, 3.8) is 0 Å². The fourth-order valence-electron chi connectivity index (χ4n) is 4.00. The molecule has 1 aliphatic heterocycles. The molecule has 0 radical (unpaired) electrons. The summed E-state index contributed by atoms with van der Waals surface area (Å²) in [6, 6.07) is 10.2. The molecule has 0 aromatic heterocycles. The Bertz CT molecular complexity index is 1030. The maximum absolute atomic E-state index is 13.5. The Morgan fingerprint density at radius 3 is 2.44 bits per heavy atom. The molecule has 5 nitrogen and oxygen atoms in total. The number of ether oxygens (including phenoxy) is 1. The Balaban J connectivity index is 1.64. The van der Waals surface area contributed by atoms with E-state index in [1.54, 1.807) is 31.2 Å². The lowest BCUT2D eigenvalue weighted by molar-refractivity contribution is -0.138. The molecule has 8 heteroatoms. The SMILES string of the molecule is Cc1ccc(C(=O)NC2CC2)cc1NC(=O)C1(c2cccc(C(F)(F)F)c2)CCOCC1. The summed E-state index contributed by atoms with van der Waals surface area (Å²) >= 11 is 0. The number of rotatable bonds is 5. The molecular weight excluding hydrogens is 421 g/mol.